The molecule has 1 aliphatic rings. The third-order valence-corrected chi connectivity index (χ3v) is 3.48. The first-order chi connectivity index (χ1) is 9.09. The van der Waals surface area contributed by atoms with E-state index in [-0.39, 0.29) is 0 Å². The molecule has 0 aromatic heterocycles. The molecule has 1 unspecified atom stereocenters. The van der Waals surface area contributed by atoms with E-state index in [9.17, 15) is 4.79 Å². The molecule has 3 heteroatoms. The maximum atomic E-state index is 10.4. The van der Waals surface area contributed by atoms with E-state index in [2.05, 4.69) is 11.8 Å². The fourth-order valence-electron chi connectivity index (χ4n) is 2.28. The van der Waals surface area contributed by atoms with Gasteiger partial charge in [0.25, 0.3) is 0 Å². The smallest absolute Gasteiger partial charge is 0.303 e. The van der Waals surface area contributed by atoms with Gasteiger partial charge >= 0.3 is 5.97 Å². The highest BCUT2D eigenvalue weighted by atomic mass is 16.4. The zero-order valence-electron chi connectivity index (χ0n) is 11.6. The second-order valence-corrected chi connectivity index (χ2v) is 5.35. The minimum Gasteiger partial charge on any atom is -0.481 e. The number of allylic oxidation sites excluding steroid dienone is 1. The fourth-order valence-corrected chi connectivity index (χ4v) is 2.28. The lowest BCUT2D eigenvalue weighted by Crippen LogP contribution is -1.94. The van der Waals surface area contributed by atoms with Crippen LogP contribution >= 0.6 is 0 Å². The van der Waals surface area contributed by atoms with Crippen LogP contribution in [0.25, 0.3) is 0 Å². The van der Waals surface area contributed by atoms with Crippen molar-refractivity contribution in [2.24, 2.45) is 11.8 Å². The van der Waals surface area contributed by atoms with Crippen LogP contribution in [0, 0.1) is 23.7 Å². The van der Waals surface area contributed by atoms with Crippen molar-refractivity contribution in [3.05, 3.63) is 12.2 Å². The molecule has 106 valence electrons. The van der Waals surface area contributed by atoms with Crippen molar-refractivity contribution in [1.82, 2.24) is 0 Å². The van der Waals surface area contributed by atoms with Gasteiger partial charge < -0.3 is 10.2 Å². The van der Waals surface area contributed by atoms with Crippen molar-refractivity contribution in [3.63, 3.8) is 0 Å². The minimum atomic E-state index is -0.687. The minimum absolute atomic E-state index is 0.304. The molecule has 0 aromatic rings. The van der Waals surface area contributed by atoms with Crippen LogP contribution < -0.4 is 0 Å². The Balaban J connectivity index is 1.97. The van der Waals surface area contributed by atoms with Gasteiger partial charge in [-0.15, -0.1) is 0 Å². The van der Waals surface area contributed by atoms with Gasteiger partial charge in [0.1, 0.15) is 0 Å². The van der Waals surface area contributed by atoms with Crippen LogP contribution in [-0.2, 0) is 4.79 Å². The highest BCUT2D eigenvalue weighted by molar-refractivity contribution is 5.66. The van der Waals surface area contributed by atoms with E-state index in [1.807, 2.05) is 0 Å². The van der Waals surface area contributed by atoms with E-state index in [4.69, 9.17) is 10.2 Å². The zero-order chi connectivity index (χ0) is 14.1. The Morgan fingerprint density at radius 1 is 1.37 bits per heavy atom. The number of carbonyl (C=O) groups is 1. The number of aliphatic hydroxyl groups is 1. The maximum absolute atomic E-state index is 10.4. The van der Waals surface area contributed by atoms with Crippen LogP contribution in [0.15, 0.2) is 12.2 Å². The summed E-state index contributed by atoms with van der Waals surface area (Å²) < 4.78 is 0. The van der Waals surface area contributed by atoms with E-state index < -0.39 is 12.1 Å². The van der Waals surface area contributed by atoms with Crippen molar-refractivity contribution in [2.75, 3.05) is 0 Å². The van der Waals surface area contributed by atoms with Gasteiger partial charge in [0.05, 0.1) is 6.10 Å². The number of carboxylic acid groups (broad SMARTS) is 1. The predicted octanol–water partition coefficient (Wildman–Crippen LogP) is 2.99. The molecule has 0 aromatic carbocycles. The summed E-state index contributed by atoms with van der Waals surface area (Å²) in [6, 6.07) is 0. The largest absolute Gasteiger partial charge is 0.481 e. The number of unbranched alkanes of at least 4 members (excludes halogenated alkanes) is 1. The van der Waals surface area contributed by atoms with Crippen LogP contribution in [0.5, 0.6) is 0 Å². The van der Waals surface area contributed by atoms with Crippen LogP contribution in [0.3, 0.4) is 0 Å². The average molecular weight is 264 g/mol. The molecule has 3 nitrogen and oxygen atoms in total. The Kier molecular flexibility index (Phi) is 7.28. The van der Waals surface area contributed by atoms with Crippen molar-refractivity contribution >= 4 is 5.97 Å². The lowest BCUT2D eigenvalue weighted by atomic mass is 10.1. The summed E-state index contributed by atoms with van der Waals surface area (Å²) in [6.45, 7) is 1.71. The van der Waals surface area contributed by atoms with Gasteiger partial charge in [-0.25, -0.2) is 0 Å². The Labute approximate surface area is 115 Å². The first kappa shape index (κ1) is 15.8. The van der Waals surface area contributed by atoms with Gasteiger partial charge in [-0.1, -0.05) is 24.7 Å². The summed E-state index contributed by atoms with van der Waals surface area (Å²) in [4.78, 5) is 10.4. The fraction of sp³-hybridized carbons (Fsp3) is 0.688. The average Bonchev–Trinajstić information content (AvgIpc) is 3.07. The molecule has 0 radical (unpaired) electrons. The van der Waals surface area contributed by atoms with Crippen molar-refractivity contribution in [1.29, 1.82) is 0 Å². The number of aliphatic hydroxyl groups excluding tert-OH is 1. The molecule has 3 atom stereocenters. The van der Waals surface area contributed by atoms with E-state index >= 15 is 0 Å². The molecule has 0 saturated heterocycles. The lowest BCUT2D eigenvalue weighted by molar-refractivity contribution is -0.137. The summed E-state index contributed by atoms with van der Waals surface area (Å²) in [5, 5.41) is 17.5. The predicted molar refractivity (Wildman–Crippen MR) is 75.5 cm³/mol. The molecular weight excluding hydrogens is 240 g/mol. The second kappa shape index (κ2) is 8.77. The SMILES string of the molecule is CC(O)/C=C/C#CCC[C@H]1C[C@H]1CCCCC(=O)O. The number of carboxylic acids is 1. The van der Waals surface area contributed by atoms with Crippen LogP contribution in [-0.4, -0.2) is 22.3 Å². The van der Waals surface area contributed by atoms with E-state index in [1.54, 1.807) is 19.1 Å². The molecule has 19 heavy (non-hydrogen) atoms. The third kappa shape index (κ3) is 8.45. The summed E-state index contributed by atoms with van der Waals surface area (Å²) in [6.07, 6.45) is 9.64. The highest BCUT2D eigenvalue weighted by Crippen LogP contribution is 2.45. The van der Waals surface area contributed by atoms with E-state index in [0.717, 1.165) is 37.5 Å². The van der Waals surface area contributed by atoms with Crippen molar-refractivity contribution in [3.8, 4) is 11.8 Å². The van der Waals surface area contributed by atoms with Gasteiger partial charge in [0.2, 0.25) is 0 Å². The van der Waals surface area contributed by atoms with E-state index in [0.29, 0.717) is 6.42 Å². The zero-order valence-corrected chi connectivity index (χ0v) is 11.6. The second-order valence-electron chi connectivity index (χ2n) is 5.35. The molecule has 0 heterocycles. The molecular formula is C16H24O3. The highest BCUT2D eigenvalue weighted by Gasteiger charge is 2.35. The van der Waals surface area contributed by atoms with Crippen LogP contribution in [0.2, 0.25) is 0 Å². The summed E-state index contributed by atoms with van der Waals surface area (Å²) in [5.74, 6) is 6.94. The number of hydrogen-bond acceptors (Lipinski definition) is 2. The molecule has 2 N–H and O–H groups in total. The Hall–Kier alpha value is -1.27. The van der Waals surface area contributed by atoms with E-state index in [1.165, 1.54) is 12.8 Å². The van der Waals surface area contributed by atoms with Gasteiger partial charge in [-0.05, 0) is 50.2 Å². The van der Waals surface area contributed by atoms with Crippen LogP contribution in [0.1, 0.15) is 51.9 Å². The third-order valence-electron chi connectivity index (χ3n) is 3.48. The Bertz CT molecular complexity index is 360. The molecule has 1 aliphatic carbocycles. The monoisotopic (exact) mass is 264 g/mol. The Morgan fingerprint density at radius 3 is 2.79 bits per heavy atom. The maximum Gasteiger partial charge on any atom is 0.303 e. The molecule has 1 fully saturated rings. The van der Waals surface area contributed by atoms with Crippen LogP contribution in [0.4, 0.5) is 0 Å². The van der Waals surface area contributed by atoms with Crippen molar-refractivity contribution in [2.45, 2.75) is 58.0 Å². The number of aliphatic carboxylic acids is 1. The molecule has 0 bridgehead atoms. The summed E-state index contributed by atoms with van der Waals surface area (Å²) >= 11 is 0. The normalized spacial score (nSPS) is 22.8. The summed E-state index contributed by atoms with van der Waals surface area (Å²) in [5.41, 5.74) is 0. The number of rotatable bonds is 8. The molecule has 0 amide bonds. The van der Waals surface area contributed by atoms with Gasteiger partial charge in [0, 0.05) is 12.8 Å². The first-order valence-corrected chi connectivity index (χ1v) is 7.14. The lowest BCUT2D eigenvalue weighted by Gasteiger charge is -1.98. The number of hydrogen-bond donors (Lipinski definition) is 2. The molecule has 1 saturated carbocycles. The van der Waals surface area contributed by atoms with Gasteiger partial charge in [0.15, 0.2) is 0 Å². The standard InChI is InChI=1S/C16H24O3/c1-13(17)8-4-2-3-5-9-14-12-15(14)10-6-7-11-16(18)19/h4,8,13-15,17H,5-7,9-12H2,1H3,(H,18,19)/b8-4+/t13?,14-,15+/m0/s1. The van der Waals surface area contributed by atoms with Gasteiger partial charge in [-0.2, -0.15) is 0 Å². The summed E-state index contributed by atoms with van der Waals surface area (Å²) in [7, 11) is 0. The molecule has 0 aliphatic heterocycles. The topological polar surface area (TPSA) is 57.5 Å². The molecule has 0 spiro atoms. The molecule has 1 rings (SSSR count). The van der Waals surface area contributed by atoms with Crippen molar-refractivity contribution < 1.29 is 15.0 Å². The Morgan fingerprint density at radius 2 is 2.11 bits per heavy atom. The first-order valence-electron chi connectivity index (χ1n) is 7.14. The van der Waals surface area contributed by atoms with Gasteiger partial charge in [-0.3, -0.25) is 4.79 Å². The quantitative estimate of drug-likeness (QED) is 0.523.